The molecule has 4 nitrogen and oxygen atoms in total. The number of rotatable bonds is 1. The number of nitriles is 1. The van der Waals surface area contributed by atoms with E-state index < -0.39 is 5.82 Å². The van der Waals surface area contributed by atoms with E-state index >= 15 is 0 Å². The molecule has 0 saturated heterocycles. The molecule has 0 saturated carbocycles. The Morgan fingerprint density at radius 3 is 2.88 bits per heavy atom. The van der Waals surface area contributed by atoms with Crippen LogP contribution in [0.4, 0.5) is 4.39 Å². The van der Waals surface area contributed by atoms with Crippen molar-refractivity contribution in [3.8, 4) is 6.07 Å². The lowest BCUT2D eigenvalue weighted by atomic mass is 9.93. The summed E-state index contributed by atoms with van der Waals surface area (Å²) in [6.45, 7) is 1.97. The molecular weight excluding hydrogens is 219 g/mol. The second kappa shape index (κ2) is 4.34. The third kappa shape index (κ3) is 2.16. The second-order valence-electron chi connectivity index (χ2n) is 3.99. The largest absolute Gasteiger partial charge is 0.386 e. The molecule has 0 aliphatic carbocycles. The average Bonchev–Trinajstić information content (AvgIpc) is 2.30. The number of amidine groups is 1. The third-order valence-corrected chi connectivity index (χ3v) is 2.65. The zero-order chi connectivity index (χ0) is 12.4. The van der Waals surface area contributed by atoms with Crippen LogP contribution < -0.4 is 5.73 Å². The molecule has 2 rings (SSSR count). The standard InChI is InChI=1S/C12H11FN4/c1-7-4-11(15)16-17-12(7)8-2-3-10(13)9(5-8)6-14/h2-3,5,7H,4H2,1H3,(H2,15,16). The van der Waals surface area contributed by atoms with E-state index in [4.69, 9.17) is 11.0 Å². The Labute approximate surface area is 98.3 Å². The van der Waals surface area contributed by atoms with Crippen LogP contribution in [-0.4, -0.2) is 11.5 Å². The van der Waals surface area contributed by atoms with E-state index in [-0.39, 0.29) is 11.5 Å². The van der Waals surface area contributed by atoms with Crippen LogP contribution in [0.25, 0.3) is 0 Å². The lowest BCUT2D eigenvalue weighted by molar-refractivity contribution is 0.623. The van der Waals surface area contributed by atoms with Gasteiger partial charge in [-0.2, -0.15) is 10.4 Å². The number of hydrogen-bond acceptors (Lipinski definition) is 4. The van der Waals surface area contributed by atoms with Crippen molar-refractivity contribution >= 4 is 11.5 Å². The summed E-state index contributed by atoms with van der Waals surface area (Å²) in [6.07, 6.45) is 0.623. The Kier molecular flexibility index (Phi) is 2.88. The highest BCUT2D eigenvalue weighted by Crippen LogP contribution is 2.19. The molecule has 0 spiro atoms. The fourth-order valence-corrected chi connectivity index (χ4v) is 1.78. The van der Waals surface area contributed by atoms with Crippen LogP contribution in [0.1, 0.15) is 24.5 Å². The van der Waals surface area contributed by atoms with Gasteiger partial charge in [-0.15, -0.1) is 5.10 Å². The van der Waals surface area contributed by atoms with Crippen molar-refractivity contribution in [2.45, 2.75) is 13.3 Å². The molecule has 1 heterocycles. The Morgan fingerprint density at radius 1 is 1.47 bits per heavy atom. The van der Waals surface area contributed by atoms with E-state index in [1.165, 1.54) is 12.1 Å². The minimum absolute atomic E-state index is 0.0138. The Bertz CT molecular complexity index is 554. The number of nitrogens with two attached hydrogens (primary N) is 1. The van der Waals surface area contributed by atoms with Crippen molar-refractivity contribution in [3.63, 3.8) is 0 Å². The van der Waals surface area contributed by atoms with Crippen LogP contribution in [0.3, 0.4) is 0 Å². The first-order chi connectivity index (χ1) is 8.11. The lowest BCUT2D eigenvalue weighted by Crippen LogP contribution is -2.25. The molecule has 0 radical (unpaired) electrons. The monoisotopic (exact) mass is 230 g/mol. The van der Waals surface area contributed by atoms with Gasteiger partial charge in [-0.25, -0.2) is 4.39 Å². The maximum Gasteiger partial charge on any atom is 0.140 e. The third-order valence-electron chi connectivity index (χ3n) is 2.65. The van der Waals surface area contributed by atoms with Gasteiger partial charge in [0.15, 0.2) is 0 Å². The van der Waals surface area contributed by atoms with E-state index in [0.717, 1.165) is 5.71 Å². The summed E-state index contributed by atoms with van der Waals surface area (Å²) in [5.74, 6) is 0.0803. The summed E-state index contributed by atoms with van der Waals surface area (Å²) in [5, 5.41) is 16.6. The molecule has 0 amide bonds. The Balaban J connectivity index is 2.45. The van der Waals surface area contributed by atoms with Gasteiger partial charge < -0.3 is 5.73 Å². The van der Waals surface area contributed by atoms with Crippen molar-refractivity contribution in [1.82, 2.24) is 0 Å². The van der Waals surface area contributed by atoms with Gasteiger partial charge in [0.05, 0.1) is 11.3 Å². The summed E-state index contributed by atoms with van der Waals surface area (Å²) in [7, 11) is 0. The van der Waals surface area contributed by atoms with Crippen molar-refractivity contribution < 1.29 is 4.39 Å². The van der Waals surface area contributed by atoms with Gasteiger partial charge in [0.25, 0.3) is 0 Å². The van der Waals surface area contributed by atoms with Gasteiger partial charge in [-0.05, 0) is 17.7 Å². The molecule has 1 aromatic carbocycles. The molecule has 1 aromatic rings. The summed E-state index contributed by atoms with van der Waals surface area (Å²) in [5.41, 5.74) is 7.04. The first-order valence-corrected chi connectivity index (χ1v) is 5.21. The molecule has 1 aliphatic heterocycles. The smallest absolute Gasteiger partial charge is 0.140 e. The van der Waals surface area contributed by atoms with Crippen LogP contribution in [0, 0.1) is 23.1 Å². The quantitative estimate of drug-likeness (QED) is 0.798. The summed E-state index contributed by atoms with van der Waals surface area (Å²) in [4.78, 5) is 0. The maximum atomic E-state index is 13.2. The summed E-state index contributed by atoms with van der Waals surface area (Å²) in [6, 6.07) is 6.16. The summed E-state index contributed by atoms with van der Waals surface area (Å²) >= 11 is 0. The molecule has 0 bridgehead atoms. The average molecular weight is 230 g/mol. The SMILES string of the molecule is CC1CC(N)=NN=C1c1ccc(F)c(C#N)c1. The molecule has 1 unspecified atom stereocenters. The second-order valence-corrected chi connectivity index (χ2v) is 3.99. The van der Waals surface area contributed by atoms with E-state index in [1.807, 2.05) is 13.0 Å². The summed E-state index contributed by atoms with van der Waals surface area (Å²) < 4.78 is 13.2. The van der Waals surface area contributed by atoms with Crippen molar-refractivity contribution in [2.24, 2.45) is 21.9 Å². The fourth-order valence-electron chi connectivity index (χ4n) is 1.78. The van der Waals surface area contributed by atoms with Crippen LogP contribution in [-0.2, 0) is 0 Å². The van der Waals surface area contributed by atoms with E-state index in [2.05, 4.69) is 10.2 Å². The molecule has 86 valence electrons. The zero-order valence-electron chi connectivity index (χ0n) is 9.31. The highest BCUT2D eigenvalue weighted by atomic mass is 19.1. The van der Waals surface area contributed by atoms with Gasteiger partial charge in [0.1, 0.15) is 17.7 Å². The minimum Gasteiger partial charge on any atom is -0.386 e. The van der Waals surface area contributed by atoms with Crippen molar-refractivity contribution in [2.75, 3.05) is 0 Å². The zero-order valence-corrected chi connectivity index (χ0v) is 9.31. The van der Waals surface area contributed by atoms with Gasteiger partial charge in [-0.3, -0.25) is 0 Å². The lowest BCUT2D eigenvalue weighted by Gasteiger charge is -2.17. The van der Waals surface area contributed by atoms with E-state index in [0.29, 0.717) is 17.8 Å². The number of benzene rings is 1. The van der Waals surface area contributed by atoms with E-state index in [1.54, 1.807) is 6.07 Å². The van der Waals surface area contributed by atoms with Crippen molar-refractivity contribution in [3.05, 3.63) is 35.1 Å². The van der Waals surface area contributed by atoms with Gasteiger partial charge in [0.2, 0.25) is 0 Å². The topological polar surface area (TPSA) is 74.5 Å². The highest BCUT2D eigenvalue weighted by Gasteiger charge is 2.19. The van der Waals surface area contributed by atoms with Crippen LogP contribution >= 0.6 is 0 Å². The predicted octanol–water partition coefficient (Wildman–Crippen LogP) is 1.80. The number of halogens is 1. The van der Waals surface area contributed by atoms with Gasteiger partial charge in [-0.1, -0.05) is 13.0 Å². The molecular formula is C12H11FN4. The predicted molar refractivity (Wildman–Crippen MR) is 63.1 cm³/mol. The first-order valence-electron chi connectivity index (χ1n) is 5.21. The Morgan fingerprint density at radius 2 is 2.24 bits per heavy atom. The molecule has 17 heavy (non-hydrogen) atoms. The Hall–Kier alpha value is -2.22. The number of hydrogen-bond donors (Lipinski definition) is 1. The molecule has 5 heteroatoms. The minimum atomic E-state index is -0.525. The van der Waals surface area contributed by atoms with Crippen LogP contribution in [0.15, 0.2) is 28.4 Å². The molecule has 0 fully saturated rings. The van der Waals surface area contributed by atoms with Crippen LogP contribution in [0.5, 0.6) is 0 Å². The number of nitrogens with zero attached hydrogens (tertiary/aromatic N) is 3. The van der Waals surface area contributed by atoms with Crippen molar-refractivity contribution in [1.29, 1.82) is 5.26 Å². The van der Waals surface area contributed by atoms with Gasteiger partial charge >= 0.3 is 0 Å². The van der Waals surface area contributed by atoms with E-state index in [9.17, 15) is 4.39 Å². The maximum absolute atomic E-state index is 13.2. The molecule has 0 aromatic heterocycles. The van der Waals surface area contributed by atoms with Crippen LogP contribution in [0.2, 0.25) is 0 Å². The fraction of sp³-hybridized carbons (Fsp3) is 0.250. The highest BCUT2D eigenvalue weighted by molar-refractivity contribution is 6.05. The molecule has 1 atom stereocenters. The normalized spacial score (nSPS) is 19.2. The molecule has 1 aliphatic rings. The molecule has 2 N–H and O–H groups in total. The van der Waals surface area contributed by atoms with Gasteiger partial charge in [0, 0.05) is 12.3 Å². The first kappa shape index (κ1) is 11.3.